The molecule has 3 aromatic rings. The van der Waals surface area contributed by atoms with Crippen molar-refractivity contribution in [1.29, 1.82) is 0 Å². The van der Waals surface area contributed by atoms with Crippen LogP contribution in [0.4, 0.5) is 0 Å². The van der Waals surface area contributed by atoms with E-state index in [1.54, 1.807) is 35.6 Å². The van der Waals surface area contributed by atoms with Gasteiger partial charge in [0.05, 0.1) is 30.0 Å². The molecule has 0 spiro atoms. The highest BCUT2D eigenvalue weighted by molar-refractivity contribution is 7.12. The van der Waals surface area contributed by atoms with Gasteiger partial charge in [0.1, 0.15) is 0 Å². The van der Waals surface area contributed by atoms with Crippen molar-refractivity contribution in [2.75, 3.05) is 7.11 Å². The lowest BCUT2D eigenvalue weighted by atomic mass is 9.99. The van der Waals surface area contributed by atoms with Crippen LogP contribution in [0.1, 0.15) is 33.5 Å². The first kappa shape index (κ1) is 16.4. The van der Waals surface area contributed by atoms with Crippen LogP contribution in [0.3, 0.4) is 0 Å². The van der Waals surface area contributed by atoms with E-state index < -0.39 is 6.04 Å². The molecule has 0 unspecified atom stereocenters. The highest BCUT2D eigenvalue weighted by Gasteiger charge is 2.37. The van der Waals surface area contributed by atoms with Crippen molar-refractivity contribution in [2.45, 2.75) is 12.5 Å². The minimum Gasteiger partial charge on any atom is -0.504 e. The summed E-state index contributed by atoms with van der Waals surface area (Å²) in [4.78, 5) is 13.9. The van der Waals surface area contributed by atoms with Crippen LogP contribution in [0, 0.1) is 0 Å². The molecule has 0 saturated heterocycles. The molecule has 132 valence electrons. The predicted molar refractivity (Wildman–Crippen MR) is 97.8 cm³/mol. The number of hydrogen-bond acceptors (Lipinski definition) is 6. The lowest BCUT2D eigenvalue weighted by Crippen LogP contribution is -2.27. The van der Waals surface area contributed by atoms with Crippen molar-refractivity contribution in [3.05, 3.63) is 70.3 Å². The van der Waals surface area contributed by atoms with Crippen molar-refractivity contribution in [3.63, 3.8) is 0 Å². The second-order valence-electron chi connectivity index (χ2n) is 5.77. The van der Waals surface area contributed by atoms with Gasteiger partial charge in [0.25, 0.3) is 0 Å². The second-order valence-corrected chi connectivity index (χ2v) is 6.72. The van der Waals surface area contributed by atoms with Gasteiger partial charge < -0.3 is 14.3 Å². The van der Waals surface area contributed by atoms with E-state index in [0.29, 0.717) is 17.7 Å². The van der Waals surface area contributed by atoms with E-state index in [0.717, 1.165) is 10.6 Å². The van der Waals surface area contributed by atoms with Gasteiger partial charge in [0.15, 0.2) is 17.3 Å². The normalized spacial score (nSPS) is 16.6. The number of aromatic hydroxyl groups is 1. The zero-order valence-electron chi connectivity index (χ0n) is 14.0. The van der Waals surface area contributed by atoms with Crippen LogP contribution in [-0.2, 0) is 0 Å². The Bertz CT molecular complexity index is 948. The second kappa shape index (κ2) is 6.68. The lowest BCUT2D eigenvalue weighted by molar-refractivity contribution is 0.0676. The Morgan fingerprint density at radius 1 is 1.31 bits per heavy atom. The average Bonchev–Trinajstić information content (AvgIpc) is 3.41. The molecular weight excluding hydrogens is 352 g/mol. The van der Waals surface area contributed by atoms with Crippen LogP contribution in [-0.4, -0.2) is 28.8 Å². The maximum Gasteiger partial charge on any atom is 0.310 e. The lowest BCUT2D eigenvalue weighted by Gasteiger charge is -2.23. The number of methoxy groups -OCH3 is 1. The smallest absolute Gasteiger partial charge is 0.310 e. The molecule has 7 heteroatoms. The van der Waals surface area contributed by atoms with Crippen molar-refractivity contribution < 1.29 is 19.1 Å². The molecule has 1 amide bonds. The summed E-state index contributed by atoms with van der Waals surface area (Å²) in [6.07, 6.45) is 1.98. The number of thiophene rings is 1. The standard InChI is InChI=1S/C19H16N2O4S/c1-24-18-12(5-2-6-15(18)22)14-11-13(17-8-4-10-26-17)20-21(14)19(23)16-7-3-9-25-16/h2-10,14,22H,11H2,1H3/t14-/m0/s1. The predicted octanol–water partition coefficient (Wildman–Crippen LogP) is 4.05. The summed E-state index contributed by atoms with van der Waals surface area (Å²) in [5, 5.41) is 18.1. The fraction of sp³-hybridized carbons (Fsp3) is 0.158. The van der Waals surface area contributed by atoms with Crippen LogP contribution in [0.15, 0.2) is 63.6 Å². The van der Waals surface area contributed by atoms with E-state index >= 15 is 0 Å². The Morgan fingerprint density at radius 3 is 2.88 bits per heavy atom. The largest absolute Gasteiger partial charge is 0.504 e. The maximum atomic E-state index is 12.9. The quantitative estimate of drug-likeness (QED) is 0.754. The molecular formula is C19H16N2O4S. The molecule has 1 aliphatic heterocycles. The molecule has 0 bridgehead atoms. The number of amides is 1. The topological polar surface area (TPSA) is 75.3 Å². The number of nitrogens with zero attached hydrogens (tertiary/aromatic N) is 2. The zero-order valence-corrected chi connectivity index (χ0v) is 14.8. The summed E-state index contributed by atoms with van der Waals surface area (Å²) in [5.74, 6) is 0.250. The number of para-hydroxylation sites is 1. The molecule has 1 aliphatic rings. The average molecular weight is 368 g/mol. The van der Waals surface area contributed by atoms with Crippen LogP contribution in [0.25, 0.3) is 0 Å². The molecule has 2 aromatic heterocycles. The Morgan fingerprint density at radius 2 is 2.19 bits per heavy atom. The molecule has 0 fully saturated rings. The van der Waals surface area contributed by atoms with E-state index in [1.807, 2.05) is 23.6 Å². The van der Waals surface area contributed by atoms with Gasteiger partial charge in [-0.2, -0.15) is 5.10 Å². The summed E-state index contributed by atoms with van der Waals surface area (Å²) in [7, 11) is 1.49. The number of ether oxygens (including phenoxy) is 1. The van der Waals surface area contributed by atoms with Gasteiger partial charge in [-0.25, -0.2) is 5.01 Å². The molecule has 26 heavy (non-hydrogen) atoms. The van der Waals surface area contributed by atoms with Gasteiger partial charge in [0, 0.05) is 12.0 Å². The minimum absolute atomic E-state index is 0.0278. The van der Waals surface area contributed by atoms with Crippen LogP contribution in [0.5, 0.6) is 11.5 Å². The Hall–Kier alpha value is -3.06. The minimum atomic E-state index is -0.397. The molecule has 4 rings (SSSR count). The highest BCUT2D eigenvalue weighted by atomic mass is 32.1. The summed E-state index contributed by atoms with van der Waals surface area (Å²) < 4.78 is 10.6. The summed E-state index contributed by atoms with van der Waals surface area (Å²) >= 11 is 1.57. The number of rotatable bonds is 4. The third-order valence-electron chi connectivity index (χ3n) is 4.24. The number of benzene rings is 1. The van der Waals surface area contributed by atoms with E-state index in [1.165, 1.54) is 18.4 Å². The van der Waals surface area contributed by atoms with E-state index in [2.05, 4.69) is 5.10 Å². The first-order valence-electron chi connectivity index (χ1n) is 8.03. The summed E-state index contributed by atoms with van der Waals surface area (Å²) in [5.41, 5.74) is 1.51. The number of hydrazone groups is 1. The highest BCUT2D eigenvalue weighted by Crippen LogP contribution is 2.42. The van der Waals surface area contributed by atoms with Crippen molar-refractivity contribution >= 4 is 23.0 Å². The molecule has 0 aliphatic carbocycles. The molecule has 1 aromatic carbocycles. The van der Waals surface area contributed by atoms with Crippen LogP contribution < -0.4 is 4.74 Å². The Balaban J connectivity index is 1.78. The van der Waals surface area contributed by atoms with Crippen LogP contribution >= 0.6 is 11.3 Å². The van der Waals surface area contributed by atoms with Crippen molar-refractivity contribution in [2.24, 2.45) is 5.10 Å². The van der Waals surface area contributed by atoms with Gasteiger partial charge in [-0.3, -0.25) is 4.79 Å². The Kier molecular flexibility index (Phi) is 4.22. The van der Waals surface area contributed by atoms with Gasteiger partial charge in [-0.15, -0.1) is 11.3 Å². The van der Waals surface area contributed by atoms with Crippen molar-refractivity contribution in [1.82, 2.24) is 5.01 Å². The molecule has 6 nitrogen and oxygen atoms in total. The van der Waals surface area contributed by atoms with E-state index in [9.17, 15) is 9.90 Å². The first-order chi connectivity index (χ1) is 12.7. The Labute approximate surface area is 153 Å². The number of phenolic OH excluding ortho intramolecular Hbond substituents is 1. The summed E-state index contributed by atoms with van der Waals surface area (Å²) in [6.45, 7) is 0. The SMILES string of the molecule is COc1c(O)cccc1[C@@H]1CC(c2cccs2)=NN1C(=O)c1ccco1. The van der Waals surface area contributed by atoms with Gasteiger partial charge in [-0.1, -0.05) is 18.2 Å². The molecule has 1 atom stereocenters. The molecule has 0 saturated carbocycles. The first-order valence-corrected chi connectivity index (χ1v) is 8.91. The van der Waals surface area contributed by atoms with E-state index in [-0.39, 0.29) is 17.4 Å². The summed E-state index contributed by atoms with van der Waals surface area (Å²) in [6, 6.07) is 11.9. The fourth-order valence-corrected chi connectivity index (χ4v) is 3.79. The molecule has 0 radical (unpaired) electrons. The van der Waals surface area contributed by atoms with Crippen molar-refractivity contribution in [3.8, 4) is 11.5 Å². The third-order valence-corrected chi connectivity index (χ3v) is 5.16. The van der Waals surface area contributed by atoms with Gasteiger partial charge in [0.2, 0.25) is 0 Å². The number of carbonyl (C=O) groups excluding carboxylic acids is 1. The number of furan rings is 1. The number of carbonyl (C=O) groups is 1. The van der Waals surface area contributed by atoms with Crippen LogP contribution in [0.2, 0.25) is 0 Å². The molecule has 1 N–H and O–H groups in total. The molecule has 3 heterocycles. The monoisotopic (exact) mass is 368 g/mol. The third kappa shape index (κ3) is 2.76. The fourth-order valence-electron chi connectivity index (χ4n) is 3.07. The van der Waals surface area contributed by atoms with E-state index in [4.69, 9.17) is 9.15 Å². The van der Waals surface area contributed by atoms with Gasteiger partial charge in [-0.05, 0) is 29.6 Å². The van der Waals surface area contributed by atoms with Gasteiger partial charge >= 0.3 is 5.91 Å². The maximum absolute atomic E-state index is 12.9. The number of hydrogen-bond donors (Lipinski definition) is 1. The zero-order chi connectivity index (χ0) is 18.1. The number of phenols is 1.